The van der Waals surface area contributed by atoms with E-state index in [1.165, 1.54) is 36.5 Å². The number of aromatic nitrogens is 1. The van der Waals surface area contributed by atoms with Gasteiger partial charge in [-0.2, -0.15) is 0 Å². The summed E-state index contributed by atoms with van der Waals surface area (Å²) in [6, 6.07) is 6.71. The van der Waals surface area contributed by atoms with E-state index in [0.717, 1.165) is 6.20 Å². The fourth-order valence-corrected chi connectivity index (χ4v) is 2.02. The maximum absolute atomic E-state index is 11.9. The molecule has 0 unspecified atom stereocenters. The third kappa shape index (κ3) is 3.11. The van der Waals surface area contributed by atoms with Crippen LogP contribution in [-0.4, -0.2) is 24.4 Å². The first-order valence-corrected chi connectivity index (χ1v) is 7.00. The van der Waals surface area contributed by atoms with Gasteiger partial charge >= 0.3 is 0 Å². The first-order valence-electron chi connectivity index (χ1n) is 5.45. The first kappa shape index (κ1) is 14.0. The summed E-state index contributed by atoms with van der Waals surface area (Å²) in [5.74, 6) is -0.778. The lowest BCUT2D eigenvalue weighted by Crippen LogP contribution is -2.14. The molecular formula is C12H11N3O4S. The number of hydrogen-bond acceptors (Lipinski definition) is 5. The largest absolute Gasteiger partial charge is 0.505 e. The van der Waals surface area contributed by atoms with Crippen LogP contribution in [0, 0.1) is 0 Å². The van der Waals surface area contributed by atoms with Crippen molar-refractivity contribution in [3.63, 3.8) is 0 Å². The number of benzene rings is 1. The maximum Gasteiger partial charge on any atom is 0.259 e. The normalized spacial score (nSPS) is 11.1. The summed E-state index contributed by atoms with van der Waals surface area (Å²) in [5.41, 5.74) is 0.439. The SMILES string of the molecule is NS(=O)(=O)c1ccc(NC(=O)c2ccncc2O)cc1. The number of pyridine rings is 1. The molecule has 20 heavy (non-hydrogen) atoms. The fourth-order valence-electron chi connectivity index (χ4n) is 1.50. The third-order valence-electron chi connectivity index (χ3n) is 2.49. The first-order chi connectivity index (χ1) is 9.38. The number of nitrogens with two attached hydrogens (primary N) is 1. The van der Waals surface area contributed by atoms with Gasteiger partial charge in [-0.05, 0) is 30.3 Å². The highest BCUT2D eigenvalue weighted by Gasteiger charge is 2.12. The van der Waals surface area contributed by atoms with Gasteiger partial charge in [-0.1, -0.05) is 0 Å². The lowest BCUT2D eigenvalue weighted by molar-refractivity contribution is 0.102. The highest BCUT2D eigenvalue weighted by molar-refractivity contribution is 7.89. The number of carbonyl (C=O) groups excluding carboxylic acids is 1. The Morgan fingerprint density at radius 3 is 2.40 bits per heavy atom. The second-order valence-electron chi connectivity index (χ2n) is 3.92. The minimum atomic E-state index is -3.77. The summed E-state index contributed by atoms with van der Waals surface area (Å²) < 4.78 is 22.2. The van der Waals surface area contributed by atoms with Crippen LogP contribution >= 0.6 is 0 Å². The number of nitrogens with one attached hydrogen (secondary N) is 1. The van der Waals surface area contributed by atoms with Gasteiger partial charge in [-0.3, -0.25) is 9.78 Å². The van der Waals surface area contributed by atoms with E-state index in [2.05, 4.69) is 10.3 Å². The van der Waals surface area contributed by atoms with Crippen LogP contribution < -0.4 is 10.5 Å². The van der Waals surface area contributed by atoms with E-state index >= 15 is 0 Å². The molecule has 1 aromatic heterocycles. The van der Waals surface area contributed by atoms with Gasteiger partial charge in [-0.15, -0.1) is 0 Å². The van der Waals surface area contributed by atoms with Crippen LogP contribution in [0.15, 0.2) is 47.6 Å². The lowest BCUT2D eigenvalue weighted by Gasteiger charge is -2.07. The molecule has 1 aromatic carbocycles. The van der Waals surface area contributed by atoms with Gasteiger partial charge in [0, 0.05) is 11.9 Å². The second-order valence-corrected chi connectivity index (χ2v) is 5.48. The van der Waals surface area contributed by atoms with Gasteiger partial charge in [0.05, 0.1) is 16.7 Å². The molecule has 0 atom stereocenters. The minimum Gasteiger partial charge on any atom is -0.505 e. The average molecular weight is 293 g/mol. The number of amides is 1. The van der Waals surface area contributed by atoms with Crippen LogP contribution in [0.25, 0.3) is 0 Å². The van der Waals surface area contributed by atoms with Gasteiger partial charge in [0.1, 0.15) is 5.75 Å². The molecule has 1 heterocycles. The molecule has 0 saturated heterocycles. The van der Waals surface area contributed by atoms with Crippen molar-refractivity contribution in [2.24, 2.45) is 5.14 Å². The predicted octanol–water partition coefficient (Wildman–Crippen LogP) is 0.687. The molecular weight excluding hydrogens is 282 g/mol. The molecule has 0 radical (unpaired) electrons. The Morgan fingerprint density at radius 2 is 1.85 bits per heavy atom. The van der Waals surface area contributed by atoms with E-state index in [1.807, 2.05) is 0 Å². The van der Waals surface area contributed by atoms with Crippen LogP contribution in [0.4, 0.5) is 5.69 Å². The van der Waals surface area contributed by atoms with Gasteiger partial charge < -0.3 is 10.4 Å². The number of rotatable bonds is 3. The number of primary sulfonamides is 1. The Bertz CT molecular complexity index is 742. The monoisotopic (exact) mass is 293 g/mol. The molecule has 0 spiro atoms. The zero-order valence-corrected chi connectivity index (χ0v) is 11.0. The molecule has 0 aliphatic heterocycles. The number of sulfonamides is 1. The van der Waals surface area contributed by atoms with Crippen molar-refractivity contribution in [1.29, 1.82) is 0 Å². The Labute approximate surface area is 115 Å². The topological polar surface area (TPSA) is 122 Å². The van der Waals surface area contributed by atoms with E-state index in [9.17, 15) is 18.3 Å². The van der Waals surface area contributed by atoms with Crippen molar-refractivity contribution in [3.05, 3.63) is 48.3 Å². The van der Waals surface area contributed by atoms with E-state index in [-0.39, 0.29) is 16.2 Å². The fraction of sp³-hybridized carbons (Fsp3) is 0. The predicted molar refractivity (Wildman–Crippen MR) is 71.7 cm³/mol. The third-order valence-corrected chi connectivity index (χ3v) is 3.41. The zero-order valence-electron chi connectivity index (χ0n) is 10.1. The van der Waals surface area contributed by atoms with Crippen molar-refractivity contribution in [1.82, 2.24) is 4.98 Å². The molecule has 2 rings (SSSR count). The van der Waals surface area contributed by atoms with Gasteiger partial charge in [0.15, 0.2) is 0 Å². The Balaban J connectivity index is 2.19. The summed E-state index contributed by atoms with van der Waals surface area (Å²) in [5, 5.41) is 17.0. The van der Waals surface area contributed by atoms with Crippen molar-refractivity contribution in [3.8, 4) is 5.75 Å². The van der Waals surface area contributed by atoms with Gasteiger partial charge in [0.25, 0.3) is 5.91 Å². The average Bonchev–Trinajstić information content (AvgIpc) is 2.38. The molecule has 104 valence electrons. The number of anilines is 1. The summed E-state index contributed by atoms with van der Waals surface area (Å²) in [6.07, 6.45) is 2.53. The zero-order chi connectivity index (χ0) is 14.8. The highest BCUT2D eigenvalue weighted by atomic mass is 32.2. The number of carbonyl (C=O) groups is 1. The van der Waals surface area contributed by atoms with E-state index < -0.39 is 15.9 Å². The van der Waals surface area contributed by atoms with Gasteiger partial charge in [-0.25, -0.2) is 13.6 Å². The summed E-state index contributed by atoms with van der Waals surface area (Å²) in [7, 11) is -3.77. The molecule has 7 nitrogen and oxygen atoms in total. The molecule has 1 amide bonds. The van der Waals surface area contributed by atoms with Crippen LogP contribution in [0.1, 0.15) is 10.4 Å². The second kappa shape index (κ2) is 5.27. The van der Waals surface area contributed by atoms with E-state index in [4.69, 9.17) is 5.14 Å². The van der Waals surface area contributed by atoms with Crippen molar-refractivity contribution < 1.29 is 18.3 Å². The molecule has 0 saturated carbocycles. The maximum atomic E-state index is 11.9. The Kier molecular flexibility index (Phi) is 3.68. The standard InChI is InChI=1S/C12H11N3O4S/c13-20(18,19)9-3-1-8(2-4-9)15-12(17)10-5-6-14-7-11(10)16/h1-7,16H,(H,15,17)(H2,13,18,19). The van der Waals surface area contributed by atoms with E-state index in [0.29, 0.717) is 5.69 Å². The number of hydrogen-bond donors (Lipinski definition) is 3. The molecule has 0 aliphatic carbocycles. The highest BCUT2D eigenvalue weighted by Crippen LogP contribution is 2.17. The van der Waals surface area contributed by atoms with Crippen LogP contribution in [0.5, 0.6) is 5.75 Å². The van der Waals surface area contributed by atoms with Crippen LogP contribution in [-0.2, 0) is 10.0 Å². The van der Waals surface area contributed by atoms with E-state index in [1.54, 1.807) is 0 Å². The molecule has 4 N–H and O–H groups in total. The molecule has 8 heteroatoms. The van der Waals surface area contributed by atoms with Crippen LogP contribution in [0.3, 0.4) is 0 Å². The lowest BCUT2D eigenvalue weighted by atomic mass is 10.2. The van der Waals surface area contributed by atoms with Crippen molar-refractivity contribution in [2.45, 2.75) is 4.90 Å². The summed E-state index contributed by atoms with van der Waals surface area (Å²) >= 11 is 0. The minimum absolute atomic E-state index is 0.0535. The smallest absolute Gasteiger partial charge is 0.259 e. The summed E-state index contributed by atoms with van der Waals surface area (Å²) in [4.78, 5) is 15.5. The Hall–Kier alpha value is -2.45. The Morgan fingerprint density at radius 1 is 1.20 bits per heavy atom. The number of aromatic hydroxyl groups is 1. The van der Waals surface area contributed by atoms with Crippen molar-refractivity contribution in [2.75, 3.05) is 5.32 Å². The van der Waals surface area contributed by atoms with Crippen LogP contribution in [0.2, 0.25) is 0 Å². The molecule has 0 aliphatic rings. The summed E-state index contributed by atoms with van der Waals surface area (Å²) in [6.45, 7) is 0. The molecule has 0 fully saturated rings. The van der Waals surface area contributed by atoms with Gasteiger partial charge in [0.2, 0.25) is 10.0 Å². The van der Waals surface area contributed by atoms with Crippen molar-refractivity contribution >= 4 is 21.6 Å². The quantitative estimate of drug-likeness (QED) is 0.768. The molecule has 0 bridgehead atoms. The number of nitrogens with zero attached hydrogens (tertiary/aromatic N) is 1. The molecule has 2 aromatic rings.